The number of primary amides is 1. The van der Waals surface area contributed by atoms with Crippen molar-refractivity contribution < 1.29 is 27.9 Å². The van der Waals surface area contributed by atoms with Crippen LogP contribution in [0.3, 0.4) is 0 Å². The van der Waals surface area contributed by atoms with E-state index in [1.165, 1.54) is 42.6 Å². The number of nitrogens with one attached hydrogen (secondary N) is 2. The molecule has 8 nitrogen and oxygen atoms in total. The molecule has 0 unspecified atom stereocenters. The van der Waals surface area contributed by atoms with E-state index in [0.29, 0.717) is 24.1 Å². The minimum Gasteiger partial charge on any atom is -0.481 e. The first-order valence-corrected chi connectivity index (χ1v) is 9.81. The molecular weight excluding hydrogens is 439 g/mol. The van der Waals surface area contributed by atoms with Crippen LogP contribution in [0.25, 0.3) is 0 Å². The highest BCUT2D eigenvalue weighted by Gasteiger charge is 2.53. The van der Waals surface area contributed by atoms with Crippen LogP contribution in [-0.2, 0) is 16.4 Å². The number of benzene rings is 2. The van der Waals surface area contributed by atoms with Crippen molar-refractivity contribution in [2.24, 2.45) is 5.73 Å². The van der Waals surface area contributed by atoms with E-state index in [1.807, 2.05) is 0 Å². The van der Waals surface area contributed by atoms with E-state index in [1.54, 1.807) is 0 Å². The molecule has 1 amide bonds. The summed E-state index contributed by atoms with van der Waals surface area (Å²) in [7, 11) is 0. The smallest absolute Gasteiger partial charge is 0.416 e. The molecular formula is C22H18F3N5O3. The van der Waals surface area contributed by atoms with Crippen LogP contribution in [0.1, 0.15) is 34.3 Å². The van der Waals surface area contributed by atoms with Crippen LogP contribution in [0.5, 0.6) is 0 Å². The van der Waals surface area contributed by atoms with E-state index < -0.39 is 29.0 Å². The van der Waals surface area contributed by atoms with Gasteiger partial charge in [-0.2, -0.15) is 18.2 Å². The summed E-state index contributed by atoms with van der Waals surface area (Å²) in [5.41, 5.74) is 4.58. The van der Waals surface area contributed by atoms with Crippen molar-refractivity contribution in [3.63, 3.8) is 0 Å². The third kappa shape index (κ3) is 4.56. The van der Waals surface area contributed by atoms with E-state index in [-0.39, 0.29) is 23.0 Å². The molecule has 0 saturated heterocycles. The van der Waals surface area contributed by atoms with Crippen molar-refractivity contribution in [2.75, 3.05) is 10.6 Å². The molecule has 1 heterocycles. The molecule has 11 heteroatoms. The van der Waals surface area contributed by atoms with Crippen LogP contribution in [0.15, 0.2) is 54.7 Å². The summed E-state index contributed by atoms with van der Waals surface area (Å²) in [5.74, 6) is -1.42. The third-order valence-corrected chi connectivity index (χ3v) is 5.34. The fourth-order valence-electron chi connectivity index (χ4n) is 3.47. The number of alkyl halides is 3. The Labute approximate surface area is 185 Å². The lowest BCUT2D eigenvalue weighted by Crippen LogP contribution is -2.22. The molecule has 5 N–H and O–H groups in total. The molecule has 1 aromatic heterocycles. The van der Waals surface area contributed by atoms with E-state index in [4.69, 9.17) is 5.73 Å². The molecule has 1 aliphatic carbocycles. The predicted molar refractivity (Wildman–Crippen MR) is 114 cm³/mol. The van der Waals surface area contributed by atoms with Gasteiger partial charge in [-0.05, 0) is 54.8 Å². The standard InChI is InChI=1S/C22H18F3N5O3/c23-22(24,25)13-2-1-3-14(11-13)28-17-6-9-27-20(30-17)29-16-10-12(18(26)31)4-5-15(16)21(7-8-21)19(32)33/h1-6,9-11H,7-8H2,(H2,26,31)(H,32,33)(H2,27,28,29,30). The summed E-state index contributed by atoms with van der Waals surface area (Å²) >= 11 is 0. The van der Waals surface area contributed by atoms with E-state index in [0.717, 1.165) is 12.1 Å². The largest absolute Gasteiger partial charge is 0.481 e. The van der Waals surface area contributed by atoms with Gasteiger partial charge in [0.15, 0.2) is 0 Å². The summed E-state index contributed by atoms with van der Waals surface area (Å²) in [6.07, 6.45) is -2.23. The number of amides is 1. The average Bonchev–Trinajstić information content (AvgIpc) is 3.56. The number of aliphatic carboxylic acids is 1. The number of halogens is 3. The van der Waals surface area contributed by atoms with Gasteiger partial charge in [0.1, 0.15) is 5.82 Å². The van der Waals surface area contributed by atoms with Gasteiger partial charge in [-0.25, -0.2) is 4.98 Å². The lowest BCUT2D eigenvalue weighted by molar-refractivity contribution is -0.140. The topological polar surface area (TPSA) is 130 Å². The second-order valence-corrected chi connectivity index (χ2v) is 7.61. The van der Waals surface area contributed by atoms with Crippen LogP contribution in [0.4, 0.5) is 36.3 Å². The number of aromatic nitrogens is 2. The fraction of sp³-hybridized carbons (Fsp3) is 0.182. The molecule has 0 radical (unpaired) electrons. The molecule has 1 saturated carbocycles. The summed E-state index contributed by atoms with van der Waals surface area (Å²) in [5, 5.41) is 15.4. The lowest BCUT2D eigenvalue weighted by Gasteiger charge is -2.17. The summed E-state index contributed by atoms with van der Waals surface area (Å²) in [6.45, 7) is 0. The SMILES string of the molecule is NC(=O)c1ccc(C2(C(=O)O)CC2)c(Nc2nccc(Nc3cccc(C(F)(F)F)c3)n2)c1. The first-order chi connectivity index (χ1) is 15.6. The quantitative estimate of drug-likeness (QED) is 0.418. The number of hydrogen-bond donors (Lipinski definition) is 4. The number of carbonyl (C=O) groups is 2. The second-order valence-electron chi connectivity index (χ2n) is 7.61. The predicted octanol–water partition coefficient (Wildman–Crippen LogP) is 4.20. The normalized spacial score (nSPS) is 14.4. The highest BCUT2D eigenvalue weighted by atomic mass is 19.4. The van der Waals surface area contributed by atoms with Gasteiger partial charge >= 0.3 is 12.1 Å². The maximum Gasteiger partial charge on any atom is 0.416 e. The van der Waals surface area contributed by atoms with Gasteiger partial charge in [-0.1, -0.05) is 12.1 Å². The average molecular weight is 457 g/mol. The highest BCUT2D eigenvalue weighted by Crippen LogP contribution is 2.51. The van der Waals surface area contributed by atoms with Crippen LogP contribution in [-0.4, -0.2) is 27.0 Å². The Morgan fingerprint density at radius 3 is 2.45 bits per heavy atom. The Morgan fingerprint density at radius 2 is 1.82 bits per heavy atom. The summed E-state index contributed by atoms with van der Waals surface area (Å²) in [6, 6.07) is 10.5. The van der Waals surface area contributed by atoms with Crippen molar-refractivity contribution in [1.29, 1.82) is 0 Å². The Hall–Kier alpha value is -4.15. The Morgan fingerprint density at radius 1 is 1.06 bits per heavy atom. The molecule has 0 atom stereocenters. The maximum atomic E-state index is 13.0. The Bertz CT molecular complexity index is 1240. The molecule has 0 aliphatic heterocycles. The highest BCUT2D eigenvalue weighted by molar-refractivity contribution is 5.95. The molecule has 2 aromatic carbocycles. The van der Waals surface area contributed by atoms with Gasteiger partial charge < -0.3 is 21.5 Å². The fourth-order valence-corrected chi connectivity index (χ4v) is 3.47. The van der Waals surface area contributed by atoms with Gasteiger partial charge in [0.2, 0.25) is 11.9 Å². The number of anilines is 4. The molecule has 0 bridgehead atoms. The van der Waals surface area contributed by atoms with Crippen LogP contribution >= 0.6 is 0 Å². The van der Waals surface area contributed by atoms with E-state index in [2.05, 4.69) is 20.6 Å². The van der Waals surface area contributed by atoms with Gasteiger partial charge in [0, 0.05) is 23.1 Å². The number of carboxylic acids is 1. The first-order valence-electron chi connectivity index (χ1n) is 9.81. The molecule has 33 heavy (non-hydrogen) atoms. The zero-order valence-electron chi connectivity index (χ0n) is 17.0. The number of rotatable bonds is 7. The van der Waals surface area contributed by atoms with Gasteiger partial charge in [-0.3, -0.25) is 9.59 Å². The van der Waals surface area contributed by atoms with Crippen molar-refractivity contribution in [1.82, 2.24) is 9.97 Å². The lowest BCUT2D eigenvalue weighted by atomic mass is 9.93. The minimum atomic E-state index is -4.49. The van der Waals surface area contributed by atoms with E-state index >= 15 is 0 Å². The Balaban J connectivity index is 1.63. The van der Waals surface area contributed by atoms with Gasteiger partial charge in [-0.15, -0.1) is 0 Å². The van der Waals surface area contributed by atoms with Gasteiger partial charge in [0.05, 0.1) is 11.0 Å². The molecule has 170 valence electrons. The van der Waals surface area contributed by atoms with Gasteiger partial charge in [0.25, 0.3) is 0 Å². The second kappa shape index (κ2) is 8.08. The number of hydrogen-bond acceptors (Lipinski definition) is 6. The minimum absolute atomic E-state index is 0.0519. The first kappa shape index (κ1) is 22.1. The number of carbonyl (C=O) groups excluding carboxylic acids is 1. The third-order valence-electron chi connectivity index (χ3n) is 5.34. The molecule has 4 rings (SSSR count). The number of carboxylic acid groups (broad SMARTS) is 1. The summed E-state index contributed by atoms with van der Waals surface area (Å²) in [4.78, 5) is 31.8. The van der Waals surface area contributed by atoms with E-state index in [9.17, 15) is 27.9 Å². The zero-order chi connectivity index (χ0) is 23.8. The number of nitrogens with zero attached hydrogens (tertiary/aromatic N) is 2. The molecule has 1 fully saturated rings. The molecule has 3 aromatic rings. The van der Waals surface area contributed by atoms with Crippen LogP contribution in [0.2, 0.25) is 0 Å². The summed E-state index contributed by atoms with van der Waals surface area (Å²) < 4.78 is 38.9. The maximum absolute atomic E-state index is 13.0. The van der Waals surface area contributed by atoms with Crippen molar-refractivity contribution in [3.8, 4) is 0 Å². The zero-order valence-corrected chi connectivity index (χ0v) is 17.0. The van der Waals surface area contributed by atoms with Crippen molar-refractivity contribution in [2.45, 2.75) is 24.4 Å². The Kier molecular flexibility index (Phi) is 5.40. The molecule has 1 aliphatic rings. The molecule has 0 spiro atoms. The monoisotopic (exact) mass is 457 g/mol. The van der Waals surface area contributed by atoms with Crippen LogP contribution in [0, 0.1) is 0 Å². The number of nitrogens with two attached hydrogens (primary N) is 1. The van der Waals surface area contributed by atoms with Crippen LogP contribution < -0.4 is 16.4 Å². The van der Waals surface area contributed by atoms with Crippen molar-refractivity contribution >= 4 is 35.0 Å². The van der Waals surface area contributed by atoms with Crippen molar-refractivity contribution in [3.05, 3.63) is 71.4 Å².